The second-order valence-electron chi connectivity index (χ2n) is 3.75. The lowest BCUT2D eigenvalue weighted by Crippen LogP contribution is -2.25. The van der Waals surface area contributed by atoms with Gasteiger partial charge in [0.2, 0.25) is 0 Å². The Morgan fingerprint density at radius 1 is 1.62 bits per heavy atom. The quantitative estimate of drug-likeness (QED) is 0.734. The first kappa shape index (κ1) is 8.51. The van der Waals surface area contributed by atoms with Gasteiger partial charge in [0, 0.05) is 18.1 Å². The fourth-order valence-corrected chi connectivity index (χ4v) is 1.37. The molecule has 0 unspecified atom stereocenters. The fourth-order valence-electron chi connectivity index (χ4n) is 1.37. The summed E-state index contributed by atoms with van der Waals surface area (Å²) >= 11 is 0. The Labute approximate surface area is 77.8 Å². The van der Waals surface area contributed by atoms with Gasteiger partial charge in [-0.1, -0.05) is 0 Å². The van der Waals surface area contributed by atoms with E-state index in [9.17, 15) is 0 Å². The Balaban J connectivity index is 2.14. The summed E-state index contributed by atoms with van der Waals surface area (Å²) in [5, 5.41) is 12.5. The summed E-state index contributed by atoms with van der Waals surface area (Å²) in [5.41, 5.74) is 2.18. The molecule has 3 nitrogen and oxygen atoms in total. The Morgan fingerprint density at radius 2 is 2.38 bits per heavy atom. The summed E-state index contributed by atoms with van der Waals surface area (Å²) in [7, 11) is 0. The number of aryl methyl sites for hydroxylation is 1. The first-order valence-electron chi connectivity index (χ1n) is 4.55. The minimum atomic E-state index is -0.0356. The third kappa shape index (κ3) is 1.65. The summed E-state index contributed by atoms with van der Waals surface area (Å²) in [6.45, 7) is 2.23. The standard InChI is InChI=1S/C10H14N2O/c1-8-6-11-5-2-9(8)12-10(7-13)3-4-10/h2,5-6,13H,3-4,7H2,1H3,(H,11,12). The topological polar surface area (TPSA) is 45.2 Å². The number of aliphatic hydroxyl groups excluding tert-OH is 1. The molecule has 1 aromatic rings. The van der Waals surface area contributed by atoms with Gasteiger partial charge in [0.15, 0.2) is 0 Å². The van der Waals surface area contributed by atoms with Crippen LogP contribution in [-0.2, 0) is 0 Å². The van der Waals surface area contributed by atoms with Crippen LogP contribution in [0, 0.1) is 6.92 Å². The van der Waals surface area contributed by atoms with Gasteiger partial charge in [0.25, 0.3) is 0 Å². The number of aromatic nitrogens is 1. The maximum Gasteiger partial charge on any atom is 0.0661 e. The molecule has 0 bridgehead atoms. The van der Waals surface area contributed by atoms with Crippen LogP contribution in [0.4, 0.5) is 5.69 Å². The van der Waals surface area contributed by atoms with E-state index in [4.69, 9.17) is 5.11 Å². The maximum absolute atomic E-state index is 9.13. The zero-order chi connectivity index (χ0) is 9.31. The van der Waals surface area contributed by atoms with E-state index < -0.39 is 0 Å². The molecule has 0 amide bonds. The molecule has 2 rings (SSSR count). The van der Waals surface area contributed by atoms with Gasteiger partial charge >= 0.3 is 0 Å². The van der Waals surface area contributed by atoms with E-state index >= 15 is 0 Å². The smallest absolute Gasteiger partial charge is 0.0661 e. The van der Waals surface area contributed by atoms with Crippen LogP contribution in [0.5, 0.6) is 0 Å². The van der Waals surface area contributed by atoms with E-state index in [1.54, 1.807) is 6.20 Å². The third-order valence-corrected chi connectivity index (χ3v) is 2.58. The van der Waals surface area contributed by atoms with Crippen molar-refractivity contribution < 1.29 is 5.11 Å². The van der Waals surface area contributed by atoms with E-state index in [1.807, 2.05) is 19.2 Å². The average molecular weight is 178 g/mol. The highest BCUT2D eigenvalue weighted by atomic mass is 16.3. The van der Waals surface area contributed by atoms with Gasteiger partial charge in [-0.25, -0.2) is 0 Å². The molecule has 0 radical (unpaired) electrons. The van der Waals surface area contributed by atoms with Crippen molar-refractivity contribution in [3.63, 3.8) is 0 Å². The number of anilines is 1. The van der Waals surface area contributed by atoms with Crippen LogP contribution in [0.2, 0.25) is 0 Å². The number of hydrogen-bond acceptors (Lipinski definition) is 3. The molecule has 0 aliphatic heterocycles. The number of pyridine rings is 1. The summed E-state index contributed by atoms with van der Waals surface area (Å²) in [4.78, 5) is 4.02. The molecule has 13 heavy (non-hydrogen) atoms. The fraction of sp³-hybridized carbons (Fsp3) is 0.500. The number of nitrogens with zero attached hydrogens (tertiary/aromatic N) is 1. The number of aliphatic hydroxyl groups is 1. The first-order chi connectivity index (χ1) is 6.26. The van der Waals surface area contributed by atoms with Gasteiger partial charge < -0.3 is 10.4 Å². The number of hydrogen-bond donors (Lipinski definition) is 2. The molecule has 1 aromatic heterocycles. The van der Waals surface area contributed by atoms with Crippen LogP contribution < -0.4 is 5.32 Å². The molecule has 0 aromatic carbocycles. The van der Waals surface area contributed by atoms with Crippen LogP contribution >= 0.6 is 0 Å². The van der Waals surface area contributed by atoms with E-state index in [-0.39, 0.29) is 12.1 Å². The van der Waals surface area contributed by atoms with Crippen molar-refractivity contribution in [3.05, 3.63) is 24.0 Å². The number of rotatable bonds is 3. The van der Waals surface area contributed by atoms with Crippen LogP contribution in [-0.4, -0.2) is 22.2 Å². The van der Waals surface area contributed by atoms with Gasteiger partial charge in [-0.2, -0.15) is 0 Å². The molecule has 70 valence electrons. The molecule has 2 N–H and O–H groups in total. The van der Waals surface area contributed by atoms with Crippen molar-refractivity contribution in [1.82, 2.24) is 4.98 Å². The lowest BCUT2D eigenvalue weighted by Gasteiger charge is -2.17. The summed E-state index contributed by atoms with van der Waals surface area (Å²) in [6.07, 6.45) is 5.72. The molecule has 0 spiro atoms. The van der Waals surface area contributed by atoms with E-state index in [0.717, 1.165) is 24.1 Å². The highest BCUT2D eigenvalue weighted by Crippen LogP contribution is 2.38. The zero-order valence-corrected chi connectivity index (χ0v) is 7.75. The van der Waals surface area contributed by atoms with E-state index in [1.165, 1.54) is 0 Å². The predicted octanol–water partition coefficient (Wildman–Crippen LogP) is 1.33. The highest BCUT2D eigenvalue weighted by Gasteiger charge is 2.42. The Hall–Kier alpha value is -1.09. The second kappa shape index (κ2) is 3.00. The molecule has 1 aliphatic rings. The Morgan fingerprint density at radius 3 is 2.92 bits per heavy atom. The van der Waals surface area contributed by atoms with E-state index in [2.05, 4.69) is 10.3 Å². The molecular weight excluding hydrogens is 164 g/mol. The monoisotopic (exact) mass is 178 g/mol. The minimum absolute atomic E-state index is 0.0356. The molecule has 1 fully saturated rings. The van der Waals surface area contributed by atoms with Crippen molar-refractivity contribution in [1.29, 1.82) is 0 Å². The molecule has 0 saturated heterocycles. The second-order valence-corrected chi connectivity index (χ2v) is 3.75. The summed E-state index contributed by atoms with van der Waals surface area (Å²) in [5.74, 6) is 0. The summed E-state index contributed by atoms with van der Waals surface area (Å²) < 4.78 is 0. The first-order valence-corrected chi connectivity index (χ1v) is 4.55. The van der Waals surface area contributed by atoms with Crippen LogP contribution in [0.1, 0.15) is 18.4 Å². The number of nitrogens with one attached hydrogen (secondary N) is 1. The largest absolute Gasteiger partial charge is 0.394 e. The van der Waals surface area contributed by atoms with Crippen molar-refractivity contribution in [3.8, 4) is 0 Å². The lowest BCUT2D eigenvalue weighted by molar-refractivity contribution is 0.266. The SMILES string of the molecule is Cc1cnccc1NC1(CO)CC1. The zero-order valence-electron chi connectivity index (χ0n) is 7.75. The van der Waals surface area contributed by atoms with Gasteiger partial charge in [-0.05, 0) is 31.4 Å². The molecule has 1 saturated carbocycles. The van der Waals surface area contributed by atoms with Gasteiger partial charge in [-0.3, -0.25) is 4.98 Å². The average Bonchev–Trinajstić information content (AvgIpc) is 2.90. The van der Waals surface area contributed by atoms with Crippen LogP contribution in [0.25, 0.3) is 0 Å². The van der Waals surface area contributed by atoms with Crippen LogP contribution in [0.3, 0.4) is 0 Å². The van der Waals surface area contributed by atoms with Gasteiger partial charge in [0.05, 0.1) is 12.1 Å². The third-order valence-electron chi connectivity index (χ3n) is 2.58. The van der Waals surface area contributed by atoms with Crippen molar-refractivity contribution in [2.45, 2.75) is 25.3 Å². The molecule has 1 heterocycles. The lowest BCUT2D eigenvalue weighted by atomic mass is 10.2. The highest BCUT2D eigenvalue weighted by molar-refractivity contribution is 5.52. The Bertz CT molecular complexity index is 308. The van der Waals surface area contributed by atoms with Crippen molar-refractivity contribution in [2.75, 3.05) is 11.9 Å². The molecule has 1 aliphatic carbocycles. The van der Waals surface area contributed by atoms with E-state index in [0.29, 0.717) is 0 Å². The molecule has 0 atom stereocenters. The Kier molecular flexibility index (Phi) is 1.96. The minimum Gasteiger partial charge on any atom is -0.394 e. The van der Waals surface area contributed by atoms with Gasteiger partial charge in [0.1, 0.15) is 0 Å². The predicted molar refractivity (Wildman–Crippen MR) is 51.6 cm³/mol. The molecular formula is C10H14N2O. The van der Waals surface area contributed by atoms with Gasteiger partial charge in [-0.15, -0.1) is 0 Å². The van der Waals surface area contributed by atoms with Crippen molar-refractivity contribution >= 4 is 5.69 Å². The normalized spacial score (nSPS) is 18.3. The van der Waals surface area contributed by atoms with Crippen molar-refractivity contribution in [2.24, 2.45) is 0 Å². The van der Waals surface area contributed by atoms with Crippen LogP contribution in [0.15, 0.2) is 18.5 Å². The maximum atomic E-state index is 9.13. The summed E-state index contributed by atoms with van der Waals surface area (Å²) in [6, 6.07) is 1.95. The molecule has 3 heteroatoms.